The molecule has 2 aromatic carbocycles. The third kappa shape index (κ3) is 6.61. The summed E-state index contributed by atoms with van der Waals surface area (Å²) in [5.74, 6) is 2.61. The molecule has 0 fully saturated rings. The van der Waals surface area contributed by atoms with Crippen LogP contribution in [0.1, 0.15) is 11.1 Å². The van der Waals surface area contributed by atoms with Crippen LogP contribution in [0.2, 0.25) is 0 Å². The maximum Gasteiger partial charge on any atom is 0.244 e. The van der Waals surface area contributed by atoms with E-state index in [9.17, 15) is 4.79 Å². The third-order valence-corrected chi connectivity index (χ3v) is 4.23. The number of nitrogens with one attached hydrogen (secondary N) is 1. The number of hydrogen-bond acceptors (Lipinski definition) is 3. The zero-order valence-electron chi connectivity index (χ0n) is 13.2. The largest absolute Gasteiger partial charge is 0.497 e. The zero-order valence-corrected chi connectivity index (χ0v) is 14.0. The van der Waals surface area contributed by atoms with Crippen LogP contribution in [-0.2, 0) is 10.5 Å². The fraction of sp³-hybridized carbons (Fsp3) is 0.211. The van der Waals surface area contributed by atoms with Gasteiger partial charge in [-0.25, -0.2) is 0 Å². The van der Waals surface area contributed by atoms with E-state index in [1.165, 1.54) is 5.56 Å². The van der Waals surface area contributed by atoms with Crippen molar-refractivity contribution in [3.05, 3.63) is 71.8 Å². The van der Waals surface area contributed by atoms with E-state index in [0.29, 0.717) is 6.54 Å². The first-order chi connectivity index (χ1) is 11.3. The average Bonchev–Trinajstić information content (AvgIpc) is 2.61. The highest BCUT2D eigenvalue weighted by Gasteiger charge is 1.97. The molecule has 0 atom stereocenters. The summed E-state index contributed by atoms with van der Waals surface area (Å²) in [6, 6.07) is 17.9. The molecule has 0 aliphatic carbocycles. The average molecular weight is 327 g/mol. The maximum absolute atomic E-state index is 11.7. The van der Waals surface area contributed by atoms with E-state index in [2.05, 4.69) is 17.4 Å². The number of carbonyl (C=O) groups is 1. The summed E-state index contributed by atoms with van der Waals surface area (Å²) in [4.78, 5) is 11.7. The van der Waals surface area contributed by atoms with Crippen LogP contribution < -0.4 is 10.1 Å². The second-order valence-corrected chi connectivity index (χ2v) is 6.04. The molecule has 0 spiro atoms. The van der Waals surface area contributed by atoms with Crippen molar-refractivity contribution in [2.24, 2.45) is 0 Å². The van der Waals surface area contributed by atoms with Gasteiger partial charge < -0.3 is 10.1 Å². The second kappa shape index (κ2) is 9.74. The molecule has 1 N–H and O–H groups in total. The molecule has 2 aromatic rings. The molecular weight excluding hydrogens is 306 g/mol. The highest BCUT2D eigenvalue weighted by molar-refractivity contribution is 7.98. The highest BCUT2D eigenvalue weighted by Crippen LogP contribution is 2.12. The van der Waals surface area contributed by atoms with Crippen molar-refractivity contribution in [3.8, 4) is 5.75 Å². The van der Waals surface area contributed by atoms with Crippen LogP contribution >= 0.6 is 11.8 Å². The SMILES string of the molecule is COc1ccc(C=CC(=O)NCCSCc2ccccc2)cc1. The number of benzene rings is 2. The lowest BCUT2D eigenvalue weighted by Gasteiger charge is -2.03. The summed E-state index contributed by atoms with van der Waals surface area (Å²) >= 11 is 1.81. The van der Waals surface area contributed by atoms with Crippen LogP contribution in [0.25, 0.3) is 6.08 Å². The first-order valence-electron chi connectivity index (χ1n) is 7.49. The zero-order chi connectivity index (χ0) is 16.3. The molecule has 3 nitrogen and oxygen atoms in total. The summed E-state index contributed by atoms with van der Waals surface area (Å²) in [5, 5.41) is 2.89. The Bertz CT molecular complexity index is 624. The summed E-state index contributed by atoms with van der Waals surface area (Å²) in [6.07, 6.45) is 3.36. The number of ether oxygens (including phenoxy) is 1. The van der Waals surface area contributed by atoms with Gasteiger partial charge in [-0.1, -0.05) is 42.5 Å². The van der Waals surface area contributed by atoms with E-state index in [4.69, 9.17) is 4.74 Å². The molecule has 0 radical (unpaired) electrons. The molecular formula is C19H21NO2S. The van der Waals surface area contributed by atoms with Gasteiger partial charge in [-0.2, -0.15) is 11.8 Å². The Morgan fingerprint density at radius 2 is 1.87 bits per heavy atom. The molecule has 0 aliphatic rings. The van der Waals surface area contributed by atoms with E-state index in [0.717, 1.165) is 22.8 Å². The quantitative estimate of drug-likeness (QED) is 0.593. The highest BCUT2D eigenvalue weighted by atomic mass is 32.2. The lowest BCUT2D eigenvalue weighted by Crippen LogP contribution is -2.23. The second-order valence-electron chi connectivity index (χ2n) is 4.94. The number of carbonyl (C=O) groups excluding carboxylic acids is 1. The van der Waals surface area contributed by atoms with Crippen LogP contribution in [0.4, 0.5) is 0 Å². The van der Waals surface area contributed by atoms with Crippen LogP contribution in [0, 0.1) is 0 Å². The van der Waals surface area contributed by atoms with Gasteiger partial charge in [0.25, 0.3) is 0 Å². The topological polar surface area (TPSA) is 38.3 Å². The van der Waals surface area contributed by atoms with Crippen LogP contribution in [0.15, 0.2) is 60.7 Å². The van der Waals surface area contributed by atoms with Gasteiger partial charge >= 0.3 is 0 Å². The van der Waals surface area contributed by atoms with Crippen molar-refractivity contribution in [3.63, 3.8) is 0 Å². The minimum absolute atomic E-state index is 0.0684. The number of hydrogen-bond donors (Lipinski definition) is 1. The fourth-order valence-corrected chi connectivity index (χ4v) is 2.78. The molecule has 0 heterocycles. The van der Waals surface area contributed by atoms with Crippen molar-refractivity contribution >= 4 is 23.7 Å². The minimum Gasteiger partial charge on any atom is -0.497 e. The molecule has 0 saturated heterocycles. The van der Waals surface area contributed by atoms with Gasteiger partial charge in [0.15, 0.2) is 0 Å². The van der Waals surface area contributed by atoms with Gasteiger partial charge in [-0.3, -0.25) is 4.79 Å². The maximum atomic E-state index is 11.7. The summed E-state index contributed by atoms with van der Waals surface area (Å²) in [5.41, 5.74) is 2.28. The van der Waals surface area contributed by atoms with Gasteiger partial charge in [-0.05, 0) is 29.3 Å². The summed E-state index contributed by atoms with van der Waals surface area (Å²) < 4.78 is 5.10. The molecule has 0 saturated carbocycles. The Hall–Kier alpha value is -2.20. The Labute approximate surface area is 141 Å². The molecule has 0 aliphatic heterocycles. The smallest absolute Gasteiger partial charge is 0.244 e. The molecule has 0 unspecified atom stereocenters. The Balaban J connectivity index is 1.63. The van der Waals surface area contributed by atoms with Crippen LogP contribution in [0.5, 0.6) is 5.75 Å². The fourth-order valence-electron chi connectivity index (χ4n) is 1.96. The standard InChI is InChI=1S/C19H21NO2S/c1-22-18-10-7-16(8-11-18)9-12-19(21)20-13-14-23-15-17-5-3-2-4-6-17/h2-12H,13-15H2,1H3,(H,20,21). The molecule has 23 heavy (non-hydrogen) atoms. The van der Waals surface area contributed by atoms with Crippen molar-refractivity contribution in [2.45, 2.75) is 5.75 Å². The number of thioether (sulfide) groups is 1. The van der Waals surface area contributed by atoms with Gasteiger partial charge in [0.1, 0.15) is 5.75 Å². The van der Waals surface area contributed by atoms with E-state index in [1.54, 1.807) is 19.3 Å². The molecule has 0 bridgehead atoms. The van der Waals surface area contributed by atoms with Gasteiger partial charge in [-0.15, -0.1) is 0 Å². The first-order valence-corrected chi connectivity index (χ1v) is 8.65. The third-order valence-electron chi connectivity index (χ3n) is 3.20. The number of amides is 1. The van der Waals surface area contributed by atoms with Gasteiger partial charge in [0, 0.05) is 24.1 Å². The van der Waals surface area contributed by atoms with Crippen LogP contribution in [0.3, 0.4) is 0 Å². The number of methoxy groups -OCH3 is 1. The van der Waals surface area contributed by atoms with E-state index in [1.807, 2.05) is 54.2 Å². The summed E-state index contributed by atoms with van der Waals surface area (Å²) in [6.45, 7) is 0.670. The van der Waals surface area contributed by atoms with E-state index in [-0.39, 0.29) is 5.91 Å². The molecule has 0 aromatic heterocycles. The van der Waals surface area contributed by atoms with Crippen molar-refractivity contribution in [1.29, 1.82) is 0 Å². The molecule has 2 rings (SSSR count). The van der Waals surface area contributed by atoms with Crippen LogP contribution in [-0.4, -0.2) is 25.3 Å². The Morgan fingerprint density at radius 3 is 2.57 bits per heavy atom. The molecule has 1 amide bonds. The normalized spacial score (nSPS) is 10.7. The van der Waals surface area contributed by atoms with Crippen molar-refractivity contribution in [2.75, 3.05) is 19.4 Å². The monoisotopic (exact) mass is 327 g/mol. The van der Waals surface area contributed by atoms with E-state index >= 15 is 0 Å². The number of rotatable bonds is 8. The Kier molecular flexibility index (Phi) is 7.27. The summed E-state index contributed by atoms with van der Waals surface area (Å²) in [7, 11) is 1.63. The lowest BCUT2D eigenvalue weighted by molar-refractivity contribution is -0.116. The molecule has 120 valence electrons. The molecule has 4 heteroatoms. The van der Waals surface area contributed by atoms with E-state index < -0.39 is 0 Å². The van der Waals surface area contributed by atoms with Crippen molar-refractivity contribution < 1.29 is 9.53 Å². The predicted molar refractivity (Wildman–Crippen MR) is 97.6 cm³/mol. The first kappa shape index (κ1) is 17.2. The van der Waals surface area contributed by atoms with Crippen molar-refractivity contribution in [1.82, 2.24) is 5.32 Å². The lowest BCUT2D eigenvalue weighted by atomic mass is 10.2. The van der Waals surface area contributed by atoms with Gasteiger partial charge in [0.05, 0.1) is 7.11 Å². The minimum atomic E-state index is -0.0684. The Morgan fingerprint density at radius 1 is 1.13 bits per heavy atom. The van der Waals surface area contributed by atoms with Gasteiger partial charge in [0.2, 0.25) is 5.91 Å². The predicted octanol–water partition coefficient (Wildman–Crippen LogP) is 3.76.